The number of aliphatic hydroxyl groups is 1. The van der Waals surface area contributed by atoms with Crippen LogP contribution >= 0.6 is 11.8 Å². The second-order valence-corrected chi connectivity index (χ2v) is 5.60. The first kappa shape index (κ1) is 13.0. The average Bonchev–Trinajstić information content (AvgIpc) is 2.71. The topological polar surface area (TPSA) is 89.3 Å². The first-order valence-corrected chi connectivity index (χ1v) is 6.60. The van der Waals surface area contributed by atoms with E-state index in [1.807, 2.05) is 24.3 Å². The van der Waals surface area contributed by atoms with Gasteiger partial charge in [0.05, 0.1) is 11.1 Å². The molecule has 5 heteroatoms. The van der Waals surface area contributed by atoms with E-state index in [0.29, 0.717) is 17.0 Å². The van der Waals surface area contributed by atoms with Crippen LogP contribution in [-0.2, 0) is 4.79 Å². The van der Waals surface area contributed by atoms with Gasteiger partial charge in [0.1, 0.15) is 0 Å². The monoisotopic (exact) mass is 264 g/mol. The van der Waals surface area contributed by atoms with E-state index >= 15 is 0 Å². The molecule has 1 amide bonds. The fraction of sp³-hybridized carbons (Fsp3) is 0.308. The summed E-state index contributed by atoms with van der Waals surface area (Å²) in [5.74, 6) is -0.442. The van der Waals surface area contributed by atoms with Gasteiger partial charge in [-0.1, -0.05) is 24.3 Å². The van der Waals surface area contributed by atoms with Crippen LogP contribution in [0.15, 0.2) is 34.9 Å². The Balaban J connectivity index is 2.14. The first-order chi connectivity index (χ1) is 8.49. The number of nitrogens with two attached hydrogens (primary N) is 2. The Hall–Kier alpha value is -1.46. The minimum absolute atomic E-state index is 0.135. The number of hydrogen-bond donors (Lipinski definition) is 3. The number of carbonyl (C=O) groups excluding carboxylic acids is 1. The highest BCUT2D eigenvalue weighted by Gasteiger charge is 2.27. The third-order valence-corrected chi connectivity index (χ3v) is 4.27. The SMILES string of the molecule is CC(O)c1ccc(C2CC(C(N)=O)=C(N)S2)cc1. The molecular weight excluding hydrogens is 248 g/mol. The molecule has 0 fully saturated rings. The number of aliphatic hydroxyl groups excluding tert-OH is 1. The van der Waals surface area contributed by atoms with Gasteiger partial charge in [0.2, 0.25) is 5.91 Å². The Labute approximate surface area is 110 Å². The molecule has 2 rings (SSSR count). The number of carbonyl (C=O) groups is 1. The number of thioether (sulfide) groups is 1. The summed E-state index contributed by atoms with van der Waals surface area (Å²) in [5.41, 5.74) is 13.5. The molecule has 1 heterocycles. The van der Waals surface area contributed by atoms with Gasteiger partial charge in [0.15, 0.2) is 0 Å². The highest BCUT2D eigenvalue weighted by molar-refractivity contribution is 8.03. The van der Waals surface area contributed by atoms with Crippen molar-refractivity contribution in [3.8, 4) is 0 Å². The van der Waals surface area contributed by atoms with Crippen LogP contribution in [0.25, 0.3) is 0 Å². The van der Waals surface area contributed by atoms with Gasteiger partial charge in [-0.15, -0.1) is 11.8 Å². The van der Waals surface area contributed by atoms with Crippen molar-refractivity contribution in [2.45, 2.75) is 24.7 Å². The van der Waals surface area contributed by atoms with Gasteiger partial charge in [-0.3, -0.25) is 4.79 Å². The maximum absolute atomic E-state index is 11.2. The van der Waals surface area contributed by atoms with Gasteiger partial charge in [-0.05, 0) is 24.5 Å². The third kappa shape index (κ3) is 2.52. The molecule has 0 aliphatic carbocycles. The van der Waals surface area contributed by atoms with Crippen molar-refractivity contribution in [1.29, 1.82) is 0 Å². The molecule has 1 aliphatic rings. The summed E-state index contributed by atoms with van der Waals surface area (Å²) in [5, 5.41) is 10.1. The Kier molecular flexibility index (Phi) is 3.63. The van der Waals surface area contributed by atoms with Crippen LogP contribution in [-0.4, -0.2) is 11.0 Å². The zero-order chi connectivity index (χ0) is 13.3. The van der Waals surface area contributed by atoms with E-state index in [2.05, 4.69) is 0 Å². The van der Waals surface area contributed by atoms with Crippen LogP contribution in [0.5, 0.6) is 0 Å². The number of rotatable bonds is 3. The molecule has 0 bridgehead atoms. The lowest BCUT2D eigenvalue weighted by Gasteiger charge is -2.11. The van der Waals surface area contributed by atoms with E-state index in [-0.39, 0.29) is 5.25 Å². The van der Waals surface area contributed by atoms with E-state index in [4.69, 9.17) is 11.5 Å². The molecule has 0 spiro atoms. The van der Waals surface area contributed by atoms with Gasteiger partial charge >= 0.3 is 0 Å². The van der Waals surface area contributed by atoms with Gasteiger partial charge in [0.25, 0.3) is 0 Å². The van der Waals surface area contributed by atoms with Crippen LogP contribution in [0.4, 0.5) is 0 Å². The molecule has 0 radical (unpaired) electrons. The molecule has 1 aromatic carbocycles. The minimum Gasteiger partial charge on any atom is -0.393 e. The predicted molar refractivity (Wildman–Crippen MR) is 72.4 cm³/mol. The molecule has 96 valence electrons. The summed E-state index contributed by atoms with van der Waals surface area (Å²) in [6, 6.07) is 7.69. The number of benzene rings is 1. The van der Waals surface area contributed by atoms with Crippen LogP contribution in [0.3, 0.4) is 0 Å². The lowest BCUT2D eigenvalue weighted by atomic mass is 10.0. The number of amides is 1. The first-order valence-electron chi connectivity index (χ1n) is 5.72. The second-order valence-electron chi connectivity index (χ2n) is 4.36. The molecule has 2 unspecified atom stereocenters. The summed E-state index contributed by atoms with van der Waals surface area (Å²) in [6.07, 6.45) is 0.0968. The zero-order valence-corrected chi connectivity index (χ0v) is 10.9. The van der Waals surface area contributed by atoms with Crippen molar-refractivity contribution in [3.63, 3.8) is 0 Å². The van der Waals surface area contributed by atoms with E-state index in [9.17, 15) is 9.90 Å². The predicted octanol–water partition coefficient (Wildman–Crippen LogP) is 1.57. The molecule has 0 saturated carbocycles. The van der Waals surface area contributed by atoms with Crippen LogP contribution in [0.2, 0.25) is 0 Å². The maximum atomic E-state index is 11.2. The van der Waals surface area contributed by atoms with Gasteiger partial charge in [-0.2, -0.15) is 0 Å². The normalized spacial score (nSPS) is 21.1. The summed E-state index contributed by atoms with van der Waals surface area (Å²) in [4.78, 5) is 11.2. The summed E-state index contributed by atoms with van der Waals surface area (Å²) < 4.78 is 0. The quantitative estimate of drug-likeness (QED) is 0.773. The Morgan fingerprint density at radius 1 is 1.44 bits per heavy atom. The lowest BCUT2D eigenvalue weighted by molar-refractivity contribution is -0.114. The molecule has 2 atom stereocenters. The van der Waals surface area contributed by atoms with Crippen LogP contribution in [0.1, 0.15) is 35.8 Å². The van der Waals surface area contributed by atoms with E-state index in [1.54, 1.807) is 6.92 Å². The van der Waals surface area contributed by atoms with E-state index in [1.165, 1.54) is 11.8 Å². The van der Waals surface area contributed by atoms with Gasteiger partial charge in [-0.25, -0.2) is 0 Å². The van der Waals surface area contributed by atoms with Gasteiger partial charge < -0.3 is 16.6 Å². The fourth-order valence-electron chi connectivity index (χ4n) is 1.95. The molecule has 1 aromatic rings. The minimum atomic E-state index is -0.473. The van der Waals surface area contributed by atoms with Crippen LogP contribution < -0.4 is 11.5 Å². The second kappa shape index (κ2) is 5.04. The van der Waals surface area contributed by atoms with Crippen molar-refractivity contribution in [2.75, 3.05) is 0 Å². The van der Waals surface area contributed by atoms with Gasteiger partial charge in [0, 0.05) is 10.8 Å². The molecule has 18 heavy (non-hydrogen) atoms. The highest BCUT2D eigenvalue weighted by atomic mass is 32.2. The Morgan fingerprint density at radius 2 is 2.06 bits per heavy atom. The van der Waals surface area contributed by atoms with Crippen molar-refractivity contribution in [2.24, 2.45) is 11.5 Å². The van der Waals surface area contributed by atoms with Crippen molar-refractivity contribution in [3.05, 3.63) is 46.0 Å². The Morgan fingerprint density at radius 3 is 2.50 bits per heavy atom. The van der Waals surface area contributed by atoms with Crippen molar-refractivity contribution >= 4 is 17.7 Å². The largest absolute Gasteiger partial charge is 0.393 e. The summed E-state index contributed by atoms with van der Waals surface area (Å²) in [7, 11) is 0. The number of hydrogen-bond acceptors (Lipinski definition) is 4. The average molecular weight is 264 g/mol. The molecule has 0 aromatic heterocycles. The lowest BCUT2D eigenvalue weighted by Crippen LogP contribution is -2.15. The van der Waals surface area contributed by atoms with Crippen molar-refractivity contribution in [1.82, 2.24) is 0 Å². The molecule has 1 aliphatic heterocycles. The zero-order valence-electron chi connectivity index (χ0n) is 10.1. The van der Waals surface area contributed by atoms with Crippen molar-refractivity contribution < 1.29 is 9.90 Å². The highest BCUT2D eigenvalue weighted by Crippen LogP contribution is 2.45. The molecule has 4 nitrogen and oxygen atoms in total. The summed E-state index contributed by atoms with van der Waals surface area (Å²) >= 11 is 1.46. The third-order valence-electron chi connectivity index (χ3n) is 3.04. The summed E-state index contributed by atoms with van der Waals surface area (Å²) in [6.45, 7) is 1.73. The Bertz CT molecular complexity index is 494. The van der Waals surface area contributed by atoms with Crippen LogP contribution in [0, 0.1) is 0 Å². The fourth-order valence-corrected chi connectivity index (χ4v) is 3.13. The number of primary amides is 1. The maximum Gasteiger partial charge on any atom is 0.247 e. The molecule has 0 saturated heterocycles. The molecule has 5 N–H and O–H groups in total. The smallest absolute Gasteiger partial charge is 0.247 e. The van der Waals surface area contributed by atoms with E-state index in [0.717, 1.165) is 11.1 Å². The van der Waals surface area contributed by atoms with E-state index < -0.39 is 12.0 Å². The molecular formula is C13H16N2O2S. The standard InChI is InChI=1S/C13H16N2O2S/c1-7(16)8-2-4-9(5-3-8)11-6-10(12(14)17)13(15)18-11/h2-5,7,11,16H,6,15H2,1H3,(H2,14,17).